The smallest absolute Gasteiger partial charge is 0.258 e. The molecule has 3 heterocycles. The zero-order valence-corrected chi connectivity index (χ0v) is 74.3. The Labute approximate surface area is 751 Å². The molecule has 36 heteroatoms. The van der Waals surface area contributed by atoms with E-state index in [9.17, 15) is 108 Å². The van der Waals surface area contributed by atoms with E-state index in [0.29, 0.717) is 74.5 Å². The molecule has 0 radical (unpaired) electrons. The largest absolute Gasteiger partial charge is 0.393 e. The van der Waals surface area contributed by atoms with Crippen molar-refractivity contribution in [1.82, 2.24) is 23.5 Å². The van der Waals surface area contributed by atoms with Crippen LogP contribution in [0.4, 0.5) is 66.7 Å². The minimum atomic E-state index is -3.94. The summed E-state index contributed by atoms with van der Waals surface area (Å²) in [5, 5.41) is 18.9. The zero-order chi connectivity index (χ0) is 95.3. The number of carbonyl (C=O) groups excluding carboxylic acids is 7. The summed E-state index contributed by atoms with van der Waals surface area (Å²) >= 11 is 0. The highest BCUT2D eigenvalue weighted by Gasteiger charge is 2.33. The highest BCUT2D eigenvalue weighted by molar-refractivity contribution is 7.90. The maximum atomic E-state index is 14.0. The van der Waals surface area contributed by atoms with E-state index in [2.05, 4.69) is 37.6 Å². The van der Waals surface area contributed by atoms with Crippen LogP contribution >= 0.6 is 0 Å². The second-order valence-electron chi connectivity index (χ2n) is 31.4. The molecule has 4 aliphatic rings. The summed E-state index contributed by atoms with van der Waals surface area (Å²) in [5.74, 6) is -13.2. The predicted molar refractivity (Wildman–Crippen MR) is 475 cm³/mol. The number of fused-ring (bicyclic) bond motifs is 1. The van der Waals surface area contributed by atoms with Gasteiger partial charge >= 0.3 is 0 Å². The van der Waals surface area contributed by atoms with E-state index in [1.54, 1.807) is 96.4 Å². The first-order chi connectivity index (χ1) is 62.1. The van der Waals surface area contributed by atoms with E-state index in [-0.39, 0.29) is 95.8 Å². The Morgan fingerprint density at radius 3 is 1.33 bits per heavy atom. The first-order valence-electron chi connectivity index (χ1n) is 41.7. The standard InChI is InChI=1S/C22H23NO3S.C20H20F2N2O3.C19H18F2N2O2.2C17H17F3N2O3S/c1-16-11-13-23(14-12-16)27(25,26)19-7-4-6-18(15-19)22(24)21-10-9-17-5-2-3-8-20(17)21;1-12-9-15(11-17(21)18(12)22)23-19(26)13-3-2-4-14(10-13)20(27)24-7-5-16(25)6-8-24;20-15-10-16(21)12-17(11-15)22-18(24)13-5-4-6-14(9-13)19(25)23-7-2-1-3-8-23;2*1-3-10(2)22-26(24,25)12-5-7-14(18)13(9-12)17(23)21-11-4-6-15(19)16(20)8-11/h2-10,15-16,21H,11-14H2,1H3;2-4,9-11,16,25H,5-8H2,1H3,(H,23,26);4-6,9-12H,1-3,7-8H2,(H,22,24);2*4-10,22H,3H2,1-2H3,(H,21,23)/t;;;2*10-/m...10/s1. The predicted octanol–water partition coefficient (Wildman–Crippen LogP) is 17.9. The molecule has 0 bridgehead atoms. The van der Waals surface area contributed by atoms with E-state index in [1.165, 1.54) is 31.2 Å². The lowest BCUT2D eigenvalue weighted by Crippen LogP contribution is -2.40. The minimum Gasteiger partial charge on any atom is -0.393 e. The molecule has 3 aliphatic heterocycles. The Morgan fingerprint density at radius 1 is 0.412 bits per heavy atom. The normalized spacial score (nSPS) is 15.0. The van der Waals surface area contributed by atoms with Gasteiger partial charge in [-0.3, -0.25) is 33.6 Å². The monoisotopic (exact) mass is 1870 g/mol. The Hall–Kier alpha value is -12.6. The van der Waals surface area contributed by atoms with Gasteiger partial charge in [0.1, 0.15) is 23.3 Å². The Kier molecular flexibility index (Phi) is 34.8. The molecule has 10 aromatic carbocycles. The molecule has 7 N–H and O–H groups in total. The van der Waals surface area contributed by atoms with Crippen LogP contribution in [0.2, 0.25) is 0 Å². The summed E-state index contributed by atoms with van der Waals surface area (Å²) in [5.41, 5.74) is 2.71. The van der Waals surface area contributed by atoms with Gasteiger partial charge in [-0.2, -0.15) is 4.31 Å². The van der Waals surface area contributed by atoms with Crippen LogP contribution in [0.1, 0.15) is 188 Å². The van der Waals surface area contributed by atoms with Gasteiger partial charge in [0.15, 0.2) is 40.7 Å². The van der Waals surface area contributed by atoms with Crippen molar-refractivity contribution in [3.63, 3.8) is 0 Å². The first kappa shape index (κ1) is 101. The van der Waals surface area contributed by atoms with E-state index >= 15 is 0 Å². The molecule has 23 nitrogen and oxygen atoms in total. The number of halogens is 10. The number of piperidine rings is 3. The van der Waals surface area contributed by atoms with Crippen LogP contribution in [-0.2, 0) is 30.1 Å². The molecule has 3 fully saturated rings. The summed E-state index contributed by atoms with van der Waals surface area (Å²) in [6.07, 6.45) is 10.4. The van der Waals surface area contributed by atoms with Crippen LogP contribution < -0.4 is 30.7 Å². The molecule has 3 saturated heterocycles. The minimum absolute atomic E-state index is 0.0234. The van der Waals surface area contributed by atoms with Gasteiger partial charge in [0, 0.05) is 126 Å². The lowest BCUT2D eigenvalue weighted by Gasteiger charge is -2.29. The van der Waals surface area contributed by atoms with Crippen LogP contribution in [0.3, 0.4) is 0 Å². The molecule has 131 heavy (non-hydrogen) atoms. The second-order valence-corrected chi connectivity index (χ2v) is 36.8. The van der Waals surface area contributed by atoms with Crippen molar-refractivity contribution in [1.29, 1.82) is 0 Å². The number of amides is 6. The zero-order valence-electron chi connectivity index (χ0n) is 71.8. The molecule has 0 saturated carbocycles. The quantitative estimate of drug-likeness (QED) is 0.0245. The summed E-state index contributed by atoms with van der Waals surface area (Å²) in [6, 6.07) is 42.0. The molecule has 6 amide bonds. The number of nitrogens with zero attached hydrogens (tertiary/aromatic N) is 3. The van der Waals surface area contributed by atoms with Crippen LogP contribution in [0.15, 0.2) is 221 Å². The second kappa shape index (κ2) is 45.3. The maximum Gasteiger partial charge on any atom is 0.258 e. The number of nitrogens with one attached hydrogen (secondary N) is 6. The lowest BCUT2D eigenvalue weighted by atomic mass is 9.92. The molecule has 692 valence electrons. The molecule has 3 atom stereocenters. The highest BCUT2D eigenvalue weighted by atomic mass is 32.2. The number of benzene rings is 10. The van der Waals surface area contributed by atoms with Crippen molar-refractivity contribution in [2.75, 3.05) is 60.5 Å². The summed E-state index contributed by atoms with van der Waals surface area (Å²) in [4.78, 5) is 90.4. The molecule has 1 unspecified atom stereocenters. The fourth-order valence-corrected chi connectivity index (χ4v) is 18.1. The number of sulfonamides is 3. The van der Waals surface area contributed by atoms with Crippen LogP contribution in [-0.4, -0.2) is 143 Å². The molecule has 14 rings (SSSR count). The highest BCUT2D eigenvalue weighted by Crippen LogP contribution is 2.35. The van der Waals surface area contributed by atoms with E-state index < -0.39 is 123 Å². The van der Waals surface area contributed by atoms with Gasteiger partial charge in [0.25, 0.3) is 35.4 Å². The van der Waals surface area contributed by atoms with Crippen molar-refractivity contribution in [3.05, 3.63) is 320 Å². The van der Waals surface area contributed by atoms with Gasteiger partial charge in [-0.25, -0.2) is 78.6 Å². The van der Waals surface area contributed by atoms with Gasteiger partial charge in [-0.05, 0) is 229 Å². The fourth-order valence-electron chi connectivity index (χ4n) is 13.9. The Balaban J connectivity index is 0.000000170. The van der Waals surface area contributed by atoms with Crippen molar-refractivity contribution < 1.29 is 108 Å². The van der Waals surface area contributed by atoms with Gasteiger partial charge in [0.2, 0.25) is 30.1 Å². The Bertz CT molecular complexity index is 6100. The molecular weight excluding hydrogens is 1780 g/mol. The van der Waals surface area contributed by atoms with Crippen LogP contribution in [0, 0.1) is 71.0 Å². The number of carbonyl (C=O) groups is 7. The number of rotatable bonds is 22. The summed E-state index contributed by atoms with van der Waals surface area (Å²) in [6.45, 7) is 13.9. The third-order valence-electron chi connectivity index (χ3n) is 21.6. The van der Waals surface area contributed by atoms with Crippen LogP contribution in [0.25, 0.3) is 6.08 Å². The number of likely N-dealkylation sites (tertiary alicyclic amines) is 2. The average Bonchev–Trinajstić information content (AvgIpc) is 1.63. The van der Waals surface area contributed by atoms with Crippen molar-refractivity contribution in [2.24, 2.45) is 5.92 Å². The number of ketones is 1. The van der Waals surface area contributed by atoms with E-state index in [0.717, 1.165) is 153 Å². The molecule has 10 aromatic rings. The number of anilines is 4. The summed E-state index contributed by atoms with van der Waals surface area (Å²) in [7, 11) is -11.4. The summed E-state index contributed by atoms with van der Waals surface area (Å²) < 4.78 is 215. The average molecular weight is 1870 g/mol. The van der Waals surface area contributed by atoms with Gasteiger partial charge in [0.05, 0.1) is 37.8 Å². The number of aryl methyl sites for hydroxylation is 1. The number of aliphatic hydroxyl groups excluding tert-OH is 1. The number of allylic oxidation sites excluding steroid dienone is 1. The third-order valence-corrected chi connectivity index (χ3v) is 26.7. The number of aliphatic hydroxyl groups is 1. The SMILES string of the molecule is CC1CCN(S(=O)(=O)c2cccc(C(=O)C3C=Cc4ccccc43)c2)CC1.CC[C@@H](C)NS(=O)(=O)c1ccc(F)c(C(=O)Nc2ccc(F)c(F)c2)c1.CC[C@H](C)NS(=O)(=O)c1ccc(F)c(C(=O)Nc2ccc(F)c(F)c2)c1.Cc1cc(NC(=O)c2cccc(C(=O)N3CCC(O)CC3)c2)cc(F)c1F.O=C(Nc1cc(F)cc(F)c1)c1cccc(C(=O)N2CCCCC2)c1. The Morgan fingerprint density at radius 2 is 0.847 bits per heavy atom. The van der Waals surface area contributed by atoms with Gasteiger partial charge in [-0.1, -0.05) is 81.5 Å². The number of Topliss-reactive ketones (excluding diaryl/α,β-unsaturated/α-hetero) is 1. The van der Waals surface area contributed by atoms with Crippen molar-refractivity contribution in [3.8, 4) is 0 Å². The molecular formula is C95H95F10N9O14S3. The van der Waals surface area contributed by atoms with Gasteiger partial charge < -0.3 is 36.2 Å². The number of hydrogen-bond acceptors (Lipinski definition) is 14. The lowest BCUT2D eigenvalue weighted by molar-refractivity contribution is 0.0545. The molecule has 0 spiro atoms. The van der Waals surface area contributed by atoms with Gasteiger partial charge in [-0.15, -0.1) is 0 Å². The first-order valence-corrected chi connectivity index (χ1v) is 46.1. The van der Waals surface area contributed by atoms with E-state index in [1.807, 2.05) is 36.4 Å². The van der Waals surface area contributed by atoms with Crippen LogP contribution in [0.5, 0.6) is 0 Å². The third kappa shape index (κ3) is 27.3. The fraction of sp³-hybridized carbons (Fsp3) is 0.274. The maximum absolute atomic E-state index is 14.0. The topological polar surface area (TPSA) is 324 Å². The van der Waals surface area contributed by atoms with Crippen molar-refractivity contribution in [2.45, 2.75) is 138 Å². The van der Waals surface area contributed by atoms with E-state index in [4.69, 9.17) is 0 Å². The molecule has 0 aromatic heterocycles. The van der Waals surface area contributed by atoms with Crippen molar-refractivity contribution >= 4 is 100 Å². The molecule has 1 aliphatic carbocycles. The number of hydrogen-bond donors (Lipinski definition) is 7.